The number of hydrogen-bond donors (Lipinski definition) is 1. The van der Waals surface area contributed by atoms with Gasteiger partial charge in [-0.15, -0.1) is 11.3 Å². The maximum absolute atomic E-state index is 10.7. The highest BCUT2D eigenvalue weighted by Gasteiger charge is 2.11. The summed E-state index contributed by atoms with van der Waals surface area (Å²) in [6.45, 7) is 2.44. The van der Waals surface area contributed by atoms with Crippen molar-refractivity contribution >= 4 is 34.1 Å². The normalized spacial score (nSPS) is 10.8. The maximum atomic E-state index is 10.7. The second-order valence-electron chi connectivity index (χ2n) is 4.16. The quantitative estimate of drug-likeness (QED) is 0.586. The molecular weight excluding hydrogens is 280 g/mol. The van der Waals surface area contributed by atoms with Crippen molar-refractivity contribution in [3.8, 4) is 0 Å². The van der Waals surface area contributed by atoms with Gasteiger partial charge in [-0.1, -0.05) is 0 Å². The van der Waals surface area contributed by atoms with Gasteiger partial charge in [0, 0.05) is 17.1 Å². The molecule has 2 heterocycles. The highest BCUT2D eigenvalue weighted by atomic mass is 32.1. The number of nitro benzene ring substituents is 1. The number of fused-ring (bicyclic) bond motifs is 1. The molecule has 0 unspecified atom stereocenters. The van der Waals surface area contributed by atoms with Crippen molar-refractivity contribution in [2.45, 2.75) is 13.5 Å². The Labute approximate surface area is 117 Å². The molecule has 0 fully saturated rings. The highest BCUT2D eigenvalue weighted by Crippen LogP contribution is 2.24. The molecule has 2 aromatic heterocycles. The Kier molecular flexibility index (Phi) is 3.07. The van der Waals surface area contributed by atoms with E-state index >= 15 is 0 Å². The molecule has 0 atom stereocenters. The van der Waals surface area contributed by atoms with E-state index in [9.17, 15) is 10.1 Å². The highest BCUT2D eigenvalue weighted by molar-refractivity contribution is 7.09. The SMILES string of the molecule is Cc1csc(CNc2nc3ccc([N+](=O)[O-])cc3o2)n1. The molecule has 0 spiro atoms. The van der Waals surface area contributed by atoms with Crippen LogP contribution in [-0.2, 0) is 6.54 Å². The fraction of sp³-hybridized carbons (Fsp3) is 0.167. The molecule has 1 aromatic carbocycles. The van der Waals surface area contributed by atoms with E-state index in [0.717, 1.165) is 10.7 Å². The molecule has 20 heavy (non-hydrogen) atoms. The largest absolute Gasteiger partial charge is 0.423 e. The second kappa shape index (κ2) is 4.89. The van der Waals surface area contributed by atoms with E-state index in [2.05, 4.69) is 15.3 Å². The minimum Gasteiger partial charge on any atom is -0.423 e. The number of nitro groups is 1. The molecule has 1 N–H and O–H groups in total. The molecule has 3 rings (SSSR count). The number of benzene rings is 1. The first-order valence-corrected chi connectivity index (χ1v) is 6.69. The lowest BCUT2D eigenvalue weighted by atomic mass is 10.3. The molecular formula is C12H10N4O3S. The van der Waals surface area contributed by atoms with Crippen molar-refractivity contribution in [2.24, 2.45) is 0 Å². The molecule has 0 aliphatic heterocycles. The molecule has 0 saturated heterocycles. The van der Waals surface area contributed by atoms with Gasteiger partial charge in [-0.2, -0.15) is 4.98 Å². The number of anilines is 1. The summed E-state index contributed by atoms with van der Waals surface area (Å²) in [5.74, 6) is 0. The minimum absolute atomic E-state index is 0.0178. The van der Waals surface area contributed by atoms with E-state index in [0.29, 0.717) is 23.7 Å². The monoisotopic (exact) mass is 290 g/mol. The number of nitrogens with zero attached hydrogens (tertiary/aromatic N) is 3. The maximum Gasteiger partial charge on any atom is 0.296 e. The third kappa shape index (κ3) is 2.45. The molecule has 0 bridgehead atoms. The van der Waals surface area contributed by atoms with Gasteiger partial charge in [0.2, 0.25) is 0 Å². The molecule has 0 aliphatic carbocycles. The second-order valence-corrected chi connectivity index (χ2v) is 5.11. The summed E-state index contributed by atoms with van der Waals surface area (Å²) >= 11 is 1.55. The van der Waals surface area contributed by atoms with Crippen molar-refractivity contribution in [3.63, 3.8) is 0 Å². The summed E-state index contributed by atoms with van der Waals surface area (Å²) in [7, 11) is 0. The van der Waals surface area contributed by atoms with Gasteiger partial charge in [0.1, 0.15) is 10.5 Å². The van der Waals surface area contributed by atoms with E-state index in [-0.39, 0.29) is 5.69 Å². The molecule has 8 heteroatoms. The van der Waals surface area contributed by atoms with Crippen LogP contribution < -0.4 is 5.32 Å². The van der Waals surface area contributed by atoms with Crippen molar-refractivity contribution in [2.75, 3.05) is 5.32 Å². The van der Waals surface area contributed by atoms with Gasteiger partial charge in [0.05, 0.1) is 17.5 Å². The summed E-state index contributed by atoms with van der Waals surface area (Å²) in [5.41, 5.74) is 1.92. The first-order chi connectivity index (χ1) is 9.61. The lowest BCUT2D eigenvalue weighted by molar-refractivity contribution is -0.384. The Morgan fingerprint density at radius 2 is 2.30 bits per heavy atom. The average Bonchev–Trinajstić information content (AvgIpc) is 3.00. The van der Waals surface area contributed by atoms with Gasteiger partial charge in [0.25, 0.3) is 11.7 Å². The minimum atomic E-state index is -0.465. The van der Waals surface area contributed by atoms with Crippen LogP contribution in [0.1, 0.15) is 10.7 Å². The zero-order valence-corrected chi connectivity index (χ0v) is 11.3. The van der Waals surface area contributed by atoms with E-state index < -0.39 is 4.92 Å². The molecule has 7 nitrogen and oxygen atoms in total. The predicted octanol–water partition coefficient (Wildman–Crippen LogP) is 3.11. The molecule has 0 amide bonds. The first-order valence-electron chi connectivity index (χ1n) is 5.82. The van der Waals surface area contributed by atoms with Crippen LogP contribution in [0.3, 0.4) is 0 Å². The van der Waals surface area contributed by atoms with Crippen LogP contribution in [0.5, 0.6) is 0 Å². The number of aromatic nitrogens is 2. The third-order valence-corrected chi connectivity index (χ3v) is 3.61. The standard InChI is InChI=1S/C12H10N4O3S/c1-7-6-20-11(14-7)5-13-12-15-9-3-2-8(16(17)18)4-10(9)19-12/h2-4,6H,5H2,1H3,(H,13,15). The Morgan fingerprint density at radius 1 is 1.45 bits per heavy atom. The molecule has 0 saturated carbocycles. The van der Waals surface area contributed by atoms with Crippen LogP contribution >= 0.6 is 11.3 Å². The van der Waals surface area contributed by atoms with E-state index in [1.54, 1.807) is 17.4 Å². The topological polar surface area (TPSA) is 94.1 Å². The Balaban J connectivity index is 1.80. The van der Waals surface area contributed by atoms with Crippen LogP contribution in [-0.4, -0.2) is 14.9 Å². The van der Waals surface area contributed by atoms with E-state index in [1.165, 1.54) is 12.1 Å². The fourth-order valence-electron chi connectivity index (χ4n) is 1.74. The van der Waals surface area contributed by atoms with Gasteiger partial charge in [-0.05, 0) is 13.0 Å². The van der Waals surface area contributed by atoms with Gasteiger partial charge in [0.15, 0.2) is 5.58 Å². The Hall–Kier alpha value is -2.48. The van der Waals surface area contributed by atoms with Crippen LogP contribution in [0.2, 0.25) is 0 Å². The number of hydrogen-bond acceptors (Lipinski definition) is 7. The van der Waals surface area contributed by atoms with Crippen LogP contribution in [0.15, 0.2) is 28.0 Å². The summed E-state index contributed by atoms with van der Waals surface area (Å²) in [4.78, 5) is 18.7. The van der Waals surface area contributed by atoms with Crippen LogP contribution in [0.4, 0.5) is 11.7 Å². The lowest BCUT2D eigenvalue weighted by Gasteiger charge is -1.96. The van der Waals surface area contributed by atoms with Gasteiger partial charge in [-0.25, -0.2) is 4.98 Å². The molecule has 0 radical (unpaired) electrons. The zero-order chi connectivity index (χ0) is 14.1. The smallest absolute Gasteiger partial charge is 0.296 e. The fourth-order valence-corrected chi connectivity index (χ4v) is 2.45. The van der Waals surface area contributed by atoms with Crippen molar-refractivity contribution in [3.05, 3.63) is 44.4 Å². The van der Waals surface area contributed by atoms with E-state index in [1.807, 2.05) is 12.3 Å². The van der Waals surface area contributed by atoms with Crippen LogP contribution in [0, 0.1) is 17.0 Å². The number of aryl methyl sites for hydroxylation is 1. The van der Waals surface area contributed by atoms with Crippen LogP contribution in [0.25, 0.3) is 11.1 Å². The lowest BCUT2D eigenvalue weighted by Crippen LogP contribution is -1.98. The average molecular weight is 290 g/mol. The Bertz CT molecular complexity index is 780. The number of oxazole rings is 1. The number of nitrogens with one attached hydrogen (secondary N) is 1. The number of thiazole rings is 1. The van der Waals surface area contributed by atoms with Gasteiger partial charge in [-0.3, -0.25) is 10.1 Å². The molecule has 102 valence electrons. The van der Waals surface area contributed by atoms with E-state index in [4.69, 9.17) is 4.42 Å². The number of non-ortho nitro benzene ring substituents is 1. The van der Waals surface area contributed by atoms with Crippen molar-refractivity contribution in [1.29, 1.82) is 0 Å². The Morgan fingerprint density at radius 3 is 3.00 bits per heavy atom. The third-order valence-electron chi connectivity index (χ3n) is 2.64. The zero-order valence-electron chi connectivity index (χ0n) is 10.5. The molecule has 3 aromatic rings. The van der Waals surface area contributed by atoms with Gasteiger partial charge >= 0.3 is 0 Å². The summed E-state index contributed by atoms with van der Waals surface area (Å²) < 4.78 is 5.44. The van der Waals surface area contributed by atoms with Crippen molar-refractivity contribution in [1.82, 2.24) is 9.97 Å². The van der Waals surface area contributed by atoms with Crippen molar-refractivity contribution < 1.29 is 9.34 Å². The summed E-state index contributed by atoms with van der Waals surface area (Å²) in [6.07, 6.45) is 0. The summed E-state index contributed by atoms with van der Waals surface area (Å²) in [6, 6.07) is 4.66. The summed E-state index contributed by atoms with van der Waals surface area (Å²) in [5, 5.41) is 16.6. The predicted molar refractivity (Wildman–Crippen MR) is 74.8 cm³/mol. The first kappa shape index (κ1) is 12.5. The molecule has 0 aliphatic rings. The van der Waals surface area contributed by atoms with Gasteiger partial charge < -0.3 is 9.73 Å². The number of rotatable bonds is 4.